The summed E-state index contributed by atoms with van der Waals surface area (Å²) < 4.78 is 5.15. The molecule has 0 radical (unpaired) electrons. The lowest BCUT2D eigenvalue weighted by atomic mass is 10.3. The summed E-state index contributed by atoms with van der Waals surface area (Å²) in [5, 5.41) is 8.43. The van der Waals surface area contributed by atoms with Crippen LogP contribution in [0.2, 0.25) is 0 Å². The zero-order valence-corrected chi connectivity index (χ0v) is 5.84. The van der Waals surface area contributed by atoms with Gasteiger partial charge >= 0.3 is 0 Å². The Morgan fingerprint density at radius 1 is 1.78 bits per heavy atom. The molecule has 0 saturated carbocycles. The van der Waals surface area contributed by atoms with Crippen molar-refractivity contribution in [1.82, 2.24) is 0 Å². The van der Waals surface area contributed by atoms with Gasteiger partial charge in [-0.1, -0.05) is 6.08 Å². The third kappa shape index (κ3) is 5.53. The van der Waals surface area contributed by atoms with Crippen LogP contribution in [0.25, 0.3) is 0 Å². The van der Waals surface area contributed by atoms with Crippen LogP contribution in [0.4, 0.5) is 0 Å². The number of aliphatic hydroxyl groups is 1. The van der Waals surface area contributed by atoms with Crippen molar-refractivity contribution in [2.24, 2.45) is 0 Å². The number of aliphatic hydroxyl groups excluding tert-OH is 1. The fourth-order valence-corrected chi connectivity index (χ4v) is 0.497. The van der Waals surface area contributed by atoms with Gasteiger partial charge in [0.15, 0.2) is 0 Å². The van der Waals surface area contributed by atoms with Gasteiger partial charge in [-0.15, -0.1) is 6.58 Å². The van der Waals surface area contributed by atoms with Crippen LogP contribution in [0.15, 0.2) is 12.7 Å². The summed E-state index contributed by atoms with van der Waals surface area (Å²) in [6.07, 6.45) is 2.55. The van der Waals surface area contributed by atoms with E-state index in [-0.39, 0.29) is 12.7 Å². The van der Waals surface area contributed by atoms with Gasteiger partial charge in [-0.2, -0.15) is 0 Å². The van der Waals surface area contributed by atoms with Gasteiger partial charge in [0, 0.05) is 6.61 Å². The zero-order valence-electron chi connectivity index (χ0n) is 5.84. The summed E-state index contributed by atoms with van der Waals surface area (Å²) in [5.74, 6) is 0. The second-order valence-electron chi connectivity index (χ2n) is 1.94. The molecule has 0 amide bonds. The molecule has 0 aromatic carbocycles. The highest BCUT2D eigenvalue weighted by atomic mass is 16.5. The number of rotatable bonds is 5. The van der Waals surface area contributed by atoms with E-state index in [1.807, 2.05) is 6.92 Å². The molecule has 0 aliphatic carbocycles. The number of hydrogen-bond acceptors (Lipinski definition) is 2. The van der Waals surface area contributed by atoms with Crippen molar-refractivity contribution in [2.75, 3.05) is 13.2 Å². The molecule has 0 aromatic rings. The van der Waals surface area contributed by atoms with Crippen LogP contribution < -0.4 is 0 Å². The van der Waals surface area contributed by atoms with E-state index in [0.717, 1.165) is 0 Å². The molecule has 0 bridgehead atoms. The Kier molecular flexibility index (Phi) is 5.57. The van der Waals surface area contributed by atoms with Gasteiger partial charge in [0.25, 0.3) is 0 Å². The lowest BCUT2D eigenvalue weighted by Gasteiger charge is -2.08. The Morgan fingerprint density at radius 2 is 2.44 bits per heavy atom. The number of ether oxygens (including phenoxy) is 1. The van der Waals surface area contributed by atoms with Crippen molar-refractivity contribution in [3.63, 3.8) is 0 Å². The maximum Gasteiger partial charge on any atom is 0.0648 e. The van der Waals surface area contributed by atoms with Crippen molar-refractivity contribution in [3.8, 4) is 0 Å². The number of hydrogen-bond donors (Lipinski definition) is 1. The SMILES string of the molecule is C=CCO[C@H](C)CCO. The monoisotopic (exact) mass is 130 g/mol. The summed E-state index contributed by atoms with van der Waals surface area (Å²) in [6.45, 7) is 6.20. The third-order valence-electron chi connectivity index (χ3n) is 1.03. The first-order chi connectivity index (χ1) is 4.31. The fourth-order valence-electron chi connectivity index (χ4n) is 0.497. The molecule has 0 rings (SSSR count). The molecular weight excluding hydrogens is 116 g/mol. The Morgan fingerprint density at radius 3 is 2.89 bits per heavy atom. The minimum atomic E-state index is 0.146. The van der Waals surface area contributed by atoms with Crippen molar-refractivity contribution >= 4 is 0 Å². The molecule has 54 valence electrons. The van der Waals surface area contributed by atoms with Crippen LogP contribution in [-0.2, 0) is 4.74 Å². The summed E-state index contributed by atoms with van der Waals surface area (Å²) in [5.41, 5.74) is 0. The van der Waals surface area contributed by atoms with E-state index >= 15 is 0 Å². The van der Waals surface area contributed by atoms with Crippen LogP contribution in [0.1, 0.15) is 13.3 Å². The molecule has 0 aliphatic rings. The minimum Gasteiger partial charge on any atom is -0.396 e. The Balaban J connectivity index is 3.04. The molecular formula is C7H14O2. The zero-order chi connectivity index (χ0) is 7.11. The molecule has 0 aromatic heterocycles. The average Bonchev–Trinajstić information content (AvgIpc) is 1.85. The molecule has 2 heteroatoms. The minimum absolute atomic E-state index is 0.146. The largest absolute Gasteiger partial charge is 0.396 e. The smallest absolute Gasteiger partial charge is 0.0648 e. The standard InChI is InChI=1S/C7H14O2/c1-3-6-9-7(2)4-5-8/h3,7-8H,1,4-6H2,2H3/t7-/m1/s1. The Hall–Kier alpha value is -0.340. The molecule has 1 atom stereocenters. The van der Waals surface area contributed by atoms with Crippen LogP contribution in [0, 0.1) is 0 Å². The van der Waals surface area contributed by atoms with Gasteiger partial charge in [-0.25, -0.2) is 0 Å². The highest BCUT2D eigenvalue weighted by Gasteiger charge is 1.96. The van der Waals surface area contributed by atoms with E-state index in [2.05, 4.69) is 6.58 Å². The van der Waals surface area contributed by atoms with Crippen LogP contribution in [0.3, 0.4) is 0 Å². The van der Waals surface area contributed by atoms with Gasteiger partial charge in [-0.05, 0) is 13.3 Å². The molecule has 0 unspecified atom stereocenters. The van der Waals surface area contributed by atoms with Gasteiger partial charge < -0.3 is 9.84 Å². The van der Waals surface area contributed by atoms with Crippen LogP contribution in [0.5, 0.6) is 0 Å². The van der Waals surface area contributed by atoms with Gasteiger partial charge in [0.1, 0.15) is 0 Å². The second kappa shape index (κ2) is 5.79. The second-order valence-corrected chi connectivity index (χ2v) is 1.94. The van der Waals surface area contributed by atoms with Crippen molar-refractivity contribution in [3.05, 3.63) is 12.7 Å². The lowest BCUT2D eigenvalue weighted by Crippen LogP contribution is -2.09. The topological polar surface area (TPSA) is 29.5 Å². The molecule has 9 heavy (non-hydrogen) atoms. The highest BCUT2D eigenvalue weighted by Crippen LogP contribution is 1.94. The normalized spacial score (nSPS) is 13.1. The predicted octanol–water partition coefficient (Wildman–Crippen LogP) is 0.960. The van der Waals surface area contributed by atoms with Gasteiger partial charge in [0.2, 0.25) is 0 Å². The Labute approximate surface area is 56.1 Å². The van der Waals surface area contributed by atoms with E-state index in [1.165, 1.54) is 0 Å². The summed E-state index contributed by atoms with van der Waals surface area (Å²) >= 11 is 0. The van der Waals surface area contributed by atoms with E-state index in [0.29, 0.717) is 13.0 Å². The van der Waals surface area contributed by atoms with Crippen molar-refractivity contribution < 1.29 is 9.84 Å². The average molecular weight is 130 g/mol. The summed E-state index contributed by atoms with van der Waals surface area (Å²) in [6, 6.07) is 0. The third-order valence-corrected chi connectivity index (χ3v) is 1.03. The molecule has 0 heterocycles. The molecule has 0 saturated heterocycles. The molecule has 1 N–H and O–H groups in total. The van der Waals surface area contributed by atoms with E-state index in [4.69, 9.17) is 9.84 Å². The maximum atomic E-state index is 8.43. The summed E-state index contributed by atoms with van der Waals surface area (Å²) in [4.78, 5) is 0. The summed E-state index contributed by atoms with van der Waals surface area (Å²) in [7, 11) is 0. The predicted molar refractivity (Wildman–Crippen MR) is 37.3 cm³/mol. The molecule has 0 aliphatic heterocycles. The highest BCUT2D eigenvalue weighted by molar-refractivity contribution is 4.65. The van der Waals surface area contributed by atoms with Crippen molar-refractivity contribution in [1.29, 1.82) is 0 Å². The van der Waals surface area contributed by atoms with E-state index in [9.17, 15) is 0 Å². The van der Waals surface area contributed by atoms with Gasteiger partial charge in [-0.3, -0.25) is 0 Å². The fraction of sp³-hybridized carbons (Fsp3) is 0.714. The van der Waals surface area contributed by atoms with Gasteiger partial charge in [0.05, 0.1) is 12.7 Å². The Bertz CT molecular complexity index is 71.3. The molecule has 0 spiro atoms. The first kappa shape index (κ1) is 8.66. The van der Waals surface area contributed by atoms with Crippen LogP contribution >= 0.6 is 0 Å². The molecule has 0 fully saturated rings. The quantitative estimate of drug-likeness (QED) is 0.562. The lowest BCUT2D eigenvalue weighted by molar-refractivity contribution is 0.0671. The maximum absolute atomic E-state index is 8.43. The molecule has 2 nitrogen and oxygen atoms in total. The first-order valence-corrected chi connectivity index (χ1v) is 3.14. The van der Waals surface area contributed by atoms with E-state index in [1.54, 1.807) is 6.08 Å². The first-order valence-electron chi connectivity index (χ1n) is 3.14. The van der Waals surface area contributed by atoms with Crippen LogP contribution in [-0.4, -0.2) is 24.4 Å². The van der Waals surface area contributed by atoms with Crippen molar-refractivity contribution in [2.45, 2.75) is 19.4 Å². The van der Waals surface area contributed by atoms with E-state index < -0.39 is 0 Å².